The van der Waals surface area contributed by atoms with E-state index in [9.17, 15) is 28.2 Å². The molecule has 0 radical (unpaired) electrons. The minimum Gasteiger partial charge on any atom is -0.504 e. The SMILES string of the molecule is CC(C)CN(C(=O)/C=C/c1cccc(C(F)(F)F)c1)C1CCC2(O)[C@@H]3Cc4ccc(O)c5c4[C@@]2(CCN3CC2CC2)C1O5. The summed E-state index contributed by atoms with van der Waals surface area (Å²) in [6, 6.07) is 8.13. The van der Waals surface area contributed by atoms with Gasteiger partial charge in [-0.05, 0) is 92.3 Å². The van der Waals surface area contributed by atoms with Crippen LogP contribution < -0.4 is 4.74 Å². The zero-order chi connectivity index (χ0) is 30.3. The van der Waals surface area contributed by atoms with Crippen molar-refractivity contribution in [2.24, 2.45) is 11.8 Å². The van der Waals surface area contributed by atoms with Crippen molar-refractivity contribution in [2.45, 2.75) is 87.8 Å². The first-order valence-electron chi connectivity index (χ1n) is 15.6. The second-order valence-electron chi connectivity index (χ2n) is 13.7. The van der Waals surface area contributed by atoms with Gasteiger partial charge in [-0.25, -0.2) is 0 Å². The Bertz CT molecular complexity index is 1470. The van der Waals surface area contributed by atoms with Crippen LogP contribution in [0.15, 0.2) is 42.5 Å². The average molecular weight is 597 g/mol. The zero-order valence-electron chi connectivity index (χ0n) is 24.6. The molecule has 1 spiro atoms. The first kappa shape index (κ1) is 28.7. The van der Waals surface area contributed by atoms with E-state index in [-0.39, 0.29) is 29.7 Å². The molecule has 2 N–H and O–H groups in total. The van der Waals surface area contributed by atoms with Crippen LogP contribution in [-0.2, 0) is 22.8 Å². The van der Waals surface area contributed by atoms with Gasteiger partial charge in [0.25, 0.3) is 0 Å². The summed E-state index contributed by atoms with van der Waals surface area (Å²) in [4.78, 5) is 18.2. The fraction of sp³-hybridized carbons (Fsp3) is 0.559. The summed E-state index contributed by atoms with van der Waals surface area (Å²) < 4.78 is 46.5. The van der Waals surface area contributed by atoms with E-state index < -0.39 is 28.9 Å². The molecule has 2 saturated carbocycles. The van der Waals surface area contributed by atoms with Crippen LogP contribution >= 0.6 is 0 Å². The van der Waals surface area contributed by atoms with Gasteiger partial charge in [0.05, 0.1) is 22.6 Å². The van der Waals surface area contributed by atoms with Crippen molar-refractivity contribution < 1.29 is 32.9 Å². The maximum Gasteiger partial charge on any atom is 0.416 e. The Morgan fingerprint density at radius 3 is 2.70 bits per heavy atom. The van der Waals surface area contributed by atoms with Crippen LogP contribution in [0.4, 0.5) is 13.2 Å². The number of alkyl halides is 3. The van der Waals surface area contributed by atoms with E-state index in [4.69, 9.17) is 4.74 Å². The van der Waals surface area contributed by atoms with Gasteiger partial charge in [-0.1, -0.05) is 32.0 Å². The number of amides is 1. The largest absolute Gasteiger partial charge is 0.504 e. The number of carbonyl (C=O) groups excluding carboxylic acids is 1. The summed E-state index contributed by atoms with van der Waals surface area (Å²) in [5, 5.41) is 23.7. The standard InChI is InChI=1S/C34H39F3N2O4/c1-20(2)18-39(28(41)11-8-21-4-3-5-24(16-21)34(35,36)37)25-12-13-33(42)27-17-23-9-10-26(40)30-29(23)32(33,31(25)43-30)14-15-38(27)19-22-6-7-22/h3-5,8-11,16,20,22,25,27,31,40,42H,6-7,12-15,17-19H2,1-2H3/b11-8+/t25?,27-,31?,32-,33?/m0/s1. The number of ether oxygens (including phenoxy) is 1. The molecule has 1 saturated heterocycles. The number of phenolic OH excluding ortho intramolecular Hbond substituents is 1. The molecular formula is C34H39F3N2O4. The maximum atomic E-state index is 13.9. The number of rotatable bonds is 7. The summed E-state index contributed by atoms with van der Waals surface area (Å²) in [6.07, 6.45) is 2.61. The summed E-state index contributed by atoms with van der Waals surface area (Å²) in [5.41, 5.74) is -0.294. The Morgan fingerprint density at radius 2 is 1.98 bits per heavy atom. The quantitative estimate of drug-likeness (QED) is 0.411. The number of piperidine rings is 1. The van der Waals surface area contributed by atoms with Gasteiger partial charge in [-0.3, -0.25) is 9.69 Å². The molecular weight excluding hydrogens is 557 g/mol. The second kappa shape index (κ2) is 9.99. The topological polar surface area (TPSA) is 73.2 Å². The van der Waals surface area contributed by atoms with Gasteiger partial charge >= 0.3 is 6.18 Å². The smallest absolute Gasteiger partial charge is 0.416 e. The molecule has 0 aromatic heterocycles. The van der Waals surface area contributed by atoms with E-state index in [0.29, 0.717) is 49.5 Å². The third-order valence-corrected chi connectivity index (χ3v) is 10.6. The molecule has 3 fully saturated rings. The van der Waals surface area contributed by atoms with Crippen molar-refractivity contribution in [1.82, 2.24) is 9.80 Å². The molecule has 6 nitrogen and oxygen atoms in total. The highest BCUT2D eigenvalue weighted by molar-refractivity contribution is 5.92. The lowest BCUT2D eigenvalue weighted by Crippen LogP contribution is -2.78. The van der Waals surface area contributed by atoms with Gasteiger partial charge < -0.3 is 19.8 Å². The number of likely N-dealkylation sites (tertiary alicyclic amines) is 1. The molecule has 2 aliphatic heterocycles. The predicted molar refractivity (Wildman–Crippen MR) is 156 cm³/mol. The molecule has 2 aromatic rings. The summed E-state index contributed by atoms with van der Waals surface area (Å²) in [6.45, 7) is 6.27. The monoisotopic (exact) mass is 596 g/mol. The zero-order valence-corrected chi connectivity index (χ0v) is 24.6. The predicted octanol–water partition coefficient (Wildman–Crippen LogP) is 5.54. The van der Waals surface area contributed by atoms with Crippen LogP contribution in [0.2, 0.25) is 0 Å². The first-order valence-corrected chi connectivity index (χ1v) is 15.6. The number of carbonyl (C=O) groups is 1. The van der Waals surface area contributed by atoms with E-state index >= 15 is 0 Å². The number of hydrogen-bond acceptors (Lipinski definition) is 5. The minimum absolute atomic E-state index is 0.0497. The van der Waals surface area contributed by atoms with E-state index in [1.807, 2.05) is 19.9 Å². The summed E-state index contributed by atoms with van der Waals surface area (Å²) in [7, 11) is 0. The number of hydrogen-bond donors (Lipinski definition) is 2. The van der Waals surface area contributed by atoms with Gasteiger partial charge in [-0.15, -0.1) is 0 Å². The lowest BCUT2D eigenvalue weighted by molar-refractivity contribution is -0.201. The lowest BCUT2D eigenvalue weighted by atomic mass is 9.48. The average Bonchev–Trinajstić information content (AvgIpc) is 3.70. The number of phenols is 1. The molecule has 3 aliphatic carbocycles. The molecule has 7 rings (SSSR count). The highest BCUT2D eigenvalue weighted by Gasteiger charge is 2.73. The molecule has 2 bridgehead atoms. The van der Waals surface area contributed by atoms with Crippen LogP contribution in [0.25, 0.3) is 6.08 Å². The number of aromatic hydroxyl groups is 1. The number of aliphatic hydroxyl groups is 1. The van der Waals surface area contributed by atoms with Crippen LogP contribution in [0.3, 0.4) is 0 Å². The Labute approximate surface area is 250 Å². The highest BCUT2D eigenvalue weighted by Crippen LogP contribution is 2.66. The number of halogens is 3. The van der Waals surface area contributed by atoms with Crippen molar-refractivity contribution in [1.29, 1.82) is 0 Å². The van der Waals surface area contributed by atoms with E-state index in [0.717, 1.165) is 36.3 Å². The number of nitrogens with zero attached hydrogens (tertiary/aromatic N) is 2. The maximum absolute atomic E-state index is 13.9. The van der Waals surface area contributed by atoms with Crippen molar-refractivity contribution >= 4 is 12.0 Å². The molecule has 2 aromatic carbocycles. The number of benzene rings is 2. The van der Waals surface area contributed by atoms with Crippen molar-refractivity contribution in [3.8, 4) is 11.5 Å². The normalized spacial score (nSPS) is 31.3. The summed E-state index contributed by atoms with van der Waals surface area (Å²) in [5.74, 6) is 0.980. The first-order chi connectivity index (χ1) is 20.4. The molecule has 3 unspecified atom stereocenters. The minimum atomic E-state index is -4.47. The summed E-state index contributed by atoms with van der Waals surface area (Å²) >= 11 is 0. The lowest BCUT2D eigenvalue weighted by Gasteiger charge is -2.65. The third-order valence-electron chi connectivity index (χ3n) is 10.6. The fourth-order valence-corrected chi connectivity index (χ4v) is 8.64. The Morgan fingerprint density at radius 1 is 1.19 bits per heavy atom. The Kier molecular flexibility index (Phi) is 6.67. The molecule has 43 heavy (non-hydrogen) atoms. The molecule has 2 heterocycles. The van der Waals surface area contributed by atoms with E-state index in [1.54, 1.807) is 17.0 Å². The Balaban J connectivity index is 1.25. The molecule has 5 aliphatic rings. The van der Waals surface area contributed by atoms with Crippen molar-refractivity contribution in [3.05, 3.63) is 64.7 Å². The molecule has 230 valence electrons. The fourth-order valence-electron chi connectivity index (χ4n) is 8.64. The van der Waals surface area contributed by atoms with Gasteiger partial charge in [0.2, 0.25) is 5.91 Å². The van der Waals surface area contributed by atoms with Crippen molar-refractivity contribution in [3.63, 3.8) is 0 Å². The van der Waals surface area contributed by atoms with E-state index in [1.165, 1.54) is 31.1 Å². The van der Waals surface area contributed by atoms with Gasteiger partial charge in [0, 0.05) is 30.8 Å². The van der Waals surface area contributed by atoms with Gasteiger partial charge in [0.1, 0.15) is 6.10 Å². The van der Waals surface area contributed by atoms with Crippen LogP contribution in [0, 0.1) is 11.8 Å². The highest BCUT2D eigenvalue weighted by atomic mass is 19.4. The van der Waals surface area contributed by atoms with Gasteiger partial charge in [0.15, 0.2) is 11.5 Å². The van der Waals surface area contributed by atoms with E-state index in [2.05, 4.69) is 4.90 Å². The molecule has 9 heteroatoms. The third kappa shape index (κ3) is 4.48. The Hall–Kier alpha value is -3.04. The second-order valence-corrected chi connectivity index (χ2v) is 13.7. The van der Waals surface area contributed by atoms with Crippen LogP contribution in [-0.4, -0.2) is 69.3 Å². The van der Waals surface area contributed by atoms with Crippen LogP contribution in [0.5, 0.6) is 11.5 Å². The molecule has 1 amide bonds. The molecule has 5 atom stereocenters. The van der Waals surface area contributed by atoms with Crippen LogP contribution in [0.1, 0.15) is 68.2 Å². The van der Waals surface area contributed by atoms with Crippen molar-refractivity contribution in [2.75, 3.05) is 19.6 Å². The van der Waals surface area contributed by atoms with Gasteiger partial charge in [-0.2, -0.15) is 13.2 Å².